The average molecular weight is 644 g/mol. The molecule has 0 bridgehead atoms. The quantitative estimate of drug-likeness (QED) is 0.0568. The monoisotopic (exact) mass is 640 g/mol. The van der Waals surface area contributed by atoms with Gasteiger partial charge >= 0.3 is 0 Å². The fourth-order valence-corrected chi connectivity index (χ4v) is 0.767. The maximum atomic E-state index is 4.65. The molecule has 0 heterocycles. The maximum absolute atomic E-state index is 4.65. The Bertz CT molecular complexity index is 263. The Balaban J connectivity index is -0.0000000155. The summed E-state index contributed by atoms with van der Waals surface area (Å²) < 4.78 is 0.985. The zero-order valence-electron chi connectivity index (χ0n) is 16.5. The van der Waals surface area contributed by atoms with Crippen molar-refractivity contribution in [2.24, 2.45) is 22.9 Å². The summed E-state index contributed by atoms with van der Waals surface area (Å²) in [5, 5.41) is 5.68. The van der Waals surface area contributed by atoms with E-state index in [9.17, 15) is 0 Å². The van der Waals surface area contributed by atoms with Crippen molar-refractivity contribution in [3.05, 3.63) is 29.7 Å². The van der Waals surface area contributed by atoms with Crippen LogP contribution in [0.3, 0.4) is 0 Å². The van der Waals surface area contributed by atoms with Gasteiger partial charge < -0.3 is 134 Å². The summed E-state index contributed by atoms with van der Waals surface area (Å²) in [5.74, 6) is 0. The van der Waals surface area contributed by atoms with E-state index in [2.05, 4.69) is 132 Å². The zero-order chi connectivity index (χ0) is 18.8. The number of thiol groups is 2. The molecule has 0 aromatic carbocycles. The van der Waals surface area contributed by atoms with Gasteiger partial charge in [-0.1, -0.05) is 24.4 Å². The molecule has 0 fully saturated rings. The molecule has 6 nitrogen and oxygen atoms in total. The topological polar surface area (TPSA) is 128 Å². The number of nitrogens with two attached hydrogens (primary N) is 4. The van der Waals surface area contributed by atoms with Crippen molar-refractivity contribution in [2.75, 3.05) is 13.1 Å². The van der Waals surface area contributed by atoms with E-state index in [1.54, 1.807) is 0 Å². The standard InChI is InChI=1S/C4H8N2S4.4CH2NS.4CH3.2Zn/c7-3(8)5-1-2-6-4(9)10;4*2-1-3;;;;;;/h1-2H2,(H2,5,7,8)(H2,6,9,10);4*(H2,2,3);4*1H3;;/q;8*-1;;. The molecule has 0 aliphatic heterocycles. The van der Waals surface area contributed by atoms with Crippen molar-refractivity contribution in [3.8, 4) is 0 Å². The molecule has 0 saturated carbocycles. The molecule has 0 amide bonds. The molecule has 0 radical (unpaired) electrons. The van der Waals surface area contributed by atoms with E-state index in [1.165, 1.54) is 0 Å². The number of hydrogen-bond acceptors (Lipinski definition) is 6. The van der Waals surface area contributed by atoms with Gasteiger partial charge in [-0.3, -0.25) is 0 Å². The molecule has 0 rings (SSSR count). The molecule has 0 unspecified atom stereocenters. The van der Waals surface area contributed by atoms with E-state index in [0.717, 1.165) is 0 Å². The first-order valence-electron chi connectivity index (χ1n) is 4.53. The normalized spacial score (nSPS) is 4.79. The number of thiocarbonyl (C=S) groups is 6. The summed E-state index contributed by atoms with van der Waals surface area (Å²) in [6, 6.07) is 0. The van der Waals surface area contributed by atoms with Crippen LogP contribution < -0.4 is 33.6 Å². The number of rotatable bonds is 3. The summed E-state index contributed by atoms with van der Waals surface area (Å²) in [5.41, 5.74) is 25.0. The van der Waals surface area contributed by atoms with Crippen LogP contribution in [-0.4, -0.2) is 43.7 Å². The van der Waals surface area contributed by atoms with Crippen LogP contribution >= 0.6 is 98.6 Å². The molecule has 0 aromatic heterocycles. The molecule has 28 heavy (non-hydrogen) atoms. The van der Waals surface area contributed by atoms with Gasteiger partial charge in [-0.25, -0.2) is 0 Å². The van der Waals surface area contributed by atoms with Gasteiger partial charge in [0.2, 0.25) is 0 Å². The van der Waals surface area contributed by atoms with Gasteiger partial charge in [0.15, 0.2) is 0 Å². The van der Waals surface area contributed by atoms with Gasteiger partial charge in [0.1, 0.15) is 8.64 Å². The van der Waals surface area contributed by atoms with Gasteiger partial charge in [-0.2, -0.15) is 0 Å². The Morgan fingerprint density at radius 2 is 0.714 bits per heavy atom. The van der Waals surface area contributed by atoms with E-state index in [0.29, 0.717) is 21.7 Å². The number of nitrogens with one attached hydrogen (secondary N) is 2. The Morgan fingerprint density at radius 3 is 0.786 bits per heavy atom. The van der Waals surface area contributed by atoms with Gasteiger partial charge in [0, 0.05) is 52.0 Å². The third kappa shape index (κ3) is 275. The molecular formula is C12H28N6S8Zn2-8. The first-order chi connectivity index (χ1) is 10.3. The molecule has 166 valence electrons. The smallest absolute Gasteiger partial charge is 0.130 e. The van der Waals surface area contributed by atoms with E-state index in [4.69, 9.17) is 0 Å². The van der Waals surface area contributed by atoms with Crippen molar-refractivity contribution in [2.45, 2.75) is 0 Å². The first-order valence-corrected chi connectivity index (χ1v) is 7.88. The molecule has 0 spiro atoms. The van der Waals surface area contributed by atoms with Crippen LogP contribution in [0.5, 0.6) is 0 Å². The van der Waals surface area contributed by atoms with E-state index in [-0.39, 0.29) is 68.7 Å². The summed E-state index contributed by atoms with van der Waals surface area (Å²) in [6.07, 6.45) is 0. The molecule has 0 aliphatic carbocycles. The van der Waals surface area contributed by atoms with Crippen molar-refractivity contribution in [1.29, 1.82) is 0 Å². The average Bonchev–Trinajstić information content (AvgIpc) is 2.38. The van der Waals surface area contributed by atoms with Gasteiger partial charge in [-0.15, -0.1) is 25.3 Å². The zero-order valence-corrected chi connectivity index (χ0v) is 29.1. The van der Waals surface area contributed by atoms with Crippen molar-refractivity contribution in [3.63, 3.8) is 0 Å². The van der Waals surface area contributed by atoms with Crippen molar-refractivity contribution in [1.82, 2.24) is 10.6 Å². The Kier molecular flexibility index (Phi) is 226. The Hall–Kier alpha value is 1.29. The van der Waals surface area contributed by atoms with Gasteiger partial charge in [0.25, 0.3) is 0 Å². The predicted octanol–water partition coefficient (Wildman–Crippen LogP) is 1.51. The second-order valence-electron chi connectivity index (χ2n) is 1.94. The fraction of sp³-hybridized carbons (Fsp3) is 0.167. The SMILES string of the molecule is N[C-]=S.N[C-]=S.N[C-]=S.N[C-]=S.S=C(S)NCCNC(=S)S.[CH3-].[CH3-].[CH3-].[CH3-].[Zn].[Zn]. The van der Waals surface area contributed by atoms with Crippen molar-refractivity contribution < 1.29 is 39.0 Å². The second-order valence-corrected chi connectivity index (χ2v) is 5.19. The molecule has 16 heteroatoms. The minimum atomic E-state index is 0. The maximum Gasteiger partial charge on any atom is 0.130 e. The van der Waals surface area contributed by atoms with Crippen LogP contribution in [0.1, 0.15) is 0 Å². The molecule has 0 saturated heterocycles. The largest absolute Gasteiger partial charge is 0.570 e. The van der Waals surface area contributed by atoms with Gasteiger partial charge in [0.05, 0.1) is 0 Å². The van der Waals surface area contributed by atoms with E-state index in [1.807, 2.05) is 22.0 Å². The molecule has 0 aliphatic rings. The van der Waals surface area contributed by atoms with Crippen LogP contribution in [-0.2, 0) is 39.0 Å². The molecule has 0 aromatic rings. The first kappa shape index (κ1) is 70.1. The second kappa shape index (κ2) is 90.1. The van der Waals surface area contributed by atoms with Crippen LogP contribution in [0.2, 0.25) is 0 Å². The predicted molar refractivity (Wildman–Crippen MR) is 152 cm³/mol. The van der Waals surface area contributed by atoms with Crippen LogP contribution in [0.4, 0.5) is 0 Å². The van der Waals surface area contributed by atoms with E-state index < -0.39 is 0 Å². The van der Waals surface area contributed by atoms with Crippen LogP contribution in [0.15, 0.2) is 0 Å². The fourth-order valence-electron chi connectivity index (χ4n) is 0.339. The minimum Gasteiger partial charge on any atom is -0.570 e. The van der Waals surface area contributed by atoms with Crippen LogP contribution in [0, 0.1) is 29.7 Å². The van der Waals surface area contributed by atoms with E-state index >= 15 is 0 Å². The van der Waals surface area contributed by atoms with Crippen LogP contribution in [0.25, 0.3) is 0 Å². The summed E-state index contributed by atoms with van der Waals surface area (Å²) in [6.45, 7) is 1.42. The van der Waals surface area contributed by atoms with Crippen molar-refractivity contribution >= 4 is 129 Å². The third-order valence-electron chi connectivity index (χ3n) is 0.677. The summed E-state index contributed by atoms with van der Waals surface area (Å²) >= 11 is 32.7. The molecule has 10 N–H and O–H groups in total. The Labute approximate surface area is 241 Å². The summed E-state index contributed by atoms with van der Waals surface area (Å²) in [4.78, 5) is 0. The van der Waals surface area contributed by atoms with Gasteiger partial charge in [-0.05, 0) is 0 Å². The third-order valence-corrected chi connectivity index (χ3v) is 1.28. The Morgan fingerprint density at radius 1 is 0.607 bits per heavy atom. The minimum absolute atomic E-state index is 0. The molecular weight excluding hydrogens is 615 g/mol. The molecule has 0 atom stereocenters. The number of hydrogen-bond donors (Lipinski definition) is 8. The summed E-state index contributed by atoms with van der Waals surface area (Å²) in [7, 11) is 0.